The molecule has 0 radical (unpaired) electrons. The number of fused-ring (bicyclic) bond motifs is 2. The van der Waals surface area contributed by atoms with Crippen LogP contribution >= 0.6 is 0 Å². The molecular weight excluding hydrogens is 490 g/mol. The van der Waals surface area contributed by atoms with E-state index in [9.17, 15) is 9.59 Å². The van der Waals surface area contributed by atoms with E-state index in [1.165, 1.54) is 6.33 Å². The molecule has 1 fully saturated rings. The topological polar surface area (TPSA) is 137 Å². The fourth-order valence-electron chi connectivity index (χ4n) is 4.39. The molecule has 4 heterocycles. The maximum Gasteiger partial charge on any atom is 0.312 e. The molecule has 5 rings (SSSR count). The van der Waals surface area contributed by atoms with Gasteiger partial charge in [0.25, 0.3) is 5.91 Å². The molecule has 0 saturated carbocycles. The number of rotatable bonds is 8. The molecule has 3 aromatic rings. The summed E-state index contributed by atoms with van der Waals surface area (Å²) in [5.41, 5.74) is 2.06. The van der Waals surface area contributed by atoms with Gasteiger partial charge in [-0.1, -0.05) is 13.3 Å². The van der Waals surface area contributed by atoms with Crippen LogP contribution in [0.4, 0.5) is 0 Å². The van der Waals surface area contributed by atoms with Gasteiger partial charge in [0.1, 0.15) is 23.3 Å². The molecule has 1 saturated heterocycles. The van der Waals surface area contributed by atoms with Crippen molar-refractivity contribution >= 4 is 22.9 Å². The second-order valence-electron chi connectivity index (χ2n) is 10.5. The highest BCUT2D eigenvalue weighted by atomic mass is 16.7. The summed E-state index contributed by atoms with van der Waals surface area (Å²) < 4.78 is 23.0. The van der Waals surface area contributed by atoms with Crippen molar-refractivity contribution in [3.8, 4) is 28.5 Å². The van der Waals surface area contributed by atoms with Gasteiger partial charge in [-0.3, -0.25) is 14.9 Å². The van der Waals surface area contributed by atoms with Crippen molar-refractivity contribution in [1.29, 1.82) is 0 Å². The molecule has 2 aliphatic heterocycles. The first-order chi connectivity index (χ1) is 18.3. The van der Waals surface area contributed by atoms with Gasteiger partial charge < -0.3 is 29.2 Å². The summed E-state index contributed by atoms with van der Waals surface area (Å²) in [5.74, 6) is 1.20. The lowest BCUT2D eigenvalue weighted by Gasteiger charge is -2.20. The number of carbonyl (C=O) groups is 2. The molecule has 2 atom stereocenters. The molecular formula is C27H33N5O6. The van der Waals surface area contributed by atoms with Gasteiger partial charge in [0.15, 0.2) is 17.7 Å². The molecule has 202 valence electrons. The van der Waals surface area contributed by atoms with E-state index in [4.69, 9.17) is 18.9 Å². The number of unbranched alkanes of at least 4 members (excludes halogenated alkanes) is 1. The lowest BCUT2D eigenvalue weighted by Crippen LogP contribution is -2.36. The summed E-state index contributed by atoms with van der Waals surface area (Å²) in [4.78, 5) is 37.6. The first-order valence-corrected chi connectivity index (χ1v) is 12.9. The third-order valence-corrected chi connectivity index (χ3v) is 6.49. The lowest BCUT2D eigenvalue weighted by molar-refractivity contribution is -0.159. The van der Waals surface area contributed by atoms with Crippen LogP contribution in [0.3, 0.4) is 0 Å². The van der Waals surface area contributed by atoms with Gasteiger partial charge in [-0.15, -0.1) is 0 Å². The largest absolute Gasteiger partial charge is 0.493 e. The van der Waals surface area contributed by atoms with Gasteiger partial charge in [0.2, 0.25) is 6.79 Å². The Bertz CT molecular complexity index is 1350. The van der Waals surface area contributed by atoms with Crippen molar-refractivity contribution in [2.24, 2.45) is 5.41 Å². The number of hydrogen-bond acceptors (Lipinski definition) is 9. The molecule has 1 unspecified atom stereocenters. The molecule has 0 spiro atoms. The summed E-state index contributed by atoms with van der Waals surface area (Å²) in [6.07, 6.45) is 4.98. The van der Waals surface area contributed by atoms with Crippen molar-refractivity contribution in [2.45, 2.75) is 59.2 Å². The zero-order valence-corrected chi connectivity index (χ0v) is 22.1. The highest BCUT2D eigenvalue weighted by Crippen LogP contribution is 2.47. The molecule has 0 aliphatic carbocycles. The Hall–Kier alpha value is -3.86. The average Bonchev–Trinajstić information content (AvgIpc) is 3.63. The van der Waals surface area contributed by atoms with Crippen LogP contribution < -0.4 is 24.8 Å². The Morgan fingerprint density at radius 3 is 2.84 bits per heavy atom. The average molecular weight is 524 g/mol. The predicted octanol–water partition coefficient (Wildman–Crippen LogP) is 3.54. The molecule has 2 aromatic heterocycles. The van der Waals surface area contributed by atoms with Crippen LogP contribution in [0.15, 0.2) is 24.7 Å². The van der Waals surface area contributed by atoms with Gasteiger partial charge in [0.05, 0.1) is 28.7 Å². The van der Waals surface area contributed by atoms with Gasteiger partial charge in [0, 0.05) is 25.2 Å². The van der Waals surface area contributed by atoms with Crippen molar-refractivity contribution in [3.05, 3.63) is 30.2 Å². The first-order valence-electron chi connectivity index (χ1n) is 12.9. The Balaban J connectivity index is 1.38. The van der Waals surface area contributed by atoms with Crippen LogP contribution in [-0.2, 0) is 9.53 Å². The molecule has 0 bridgehead atoms. The minimum absolute atomic E-state index is 0.106. The third-order valence-electron chi connectivity index (χ3n) is 6.49. The number of ether oxygens (including phenoxy) is 4. The summed E-state index contributed by atoms with van der Waals surface area (Å²) in [5, 5.41) is 6.17. The second-order valence-corrected chi connectivity index (χ2v) is 10.5. The molecule has 3 N–H and O–H groups in total. The number of aromatic nitrogens is 3. The number of hydrogen-bond donors (Lipinski definition) is 3. The lowest BCUT2D eigenvalue weighted by atomic mass is 9.97. The smallest absolute Gasteiger partial charge is 0.312 e. The van der Waals surface area contributed by atoms with E-state index in [-0.39, 0.29) is 24.7 Å². The molecule has 1 aromatic carbocycles. The third kappa shape index (κ3) is 5.10. The summed E-state index contributed by atoms with van der Waals surface area (Å²) in [6.45, 7) is 8.66. The number of carbonyl (C=O) groups excluding carboxylic acids is 2. The van der Waals surface area contributed by atoms with Crippen molar-refractivity contribution in [1.82, 2.24) is 25.6 Å². The molecule has 1 amide bonds. The van der Waals surface area contributed by atoms with E-state index in [0.29, 0.717) is 64.7 Å². The van der Waals surface area contributed by atoms with Gasteiger partial charge in [-0.25, -0.2) is 9.97 Å². The predicted molar refractivity (Wildman–Crippen MR) is 139 cm³/mol. The molecule has 38 heavy (non-hydrogen) atoms. The van der Waals surface area contributed by atoms with E-state index in [1.54, 1.807) is 27.0 Å². The van der Waals surface area contributed by atoms with Gasteiger partial charge in [-0.2, -0.15) is 0 Å². The van der Waals surface area contributed by atoms with Crippen LogP contribution in [0.5, 0.6) is 17.2 Å². The number of nitrogens with zero attached hydrogens (tertiary/aromatic N) is 2. The molecule has 11 nitrogen and oxygen atoms in total. The van der Waals surface area contributed by atoms with E-state index >= 15 is 0 Å². The Morgan fingerprint density at radius 1 is 1.21 bits per heavy atom. The van der Waals surface area contributed by atoms with Crippen molar-refractivity contribution < 1.29 is 28.5 Å². The van der Waals surface area contributed by atoms with E-state index in [2.05, 4.69) is 32.5 Å². The normalized spacial score (nSPS) is 18.5. The maximum absolute atomic E-state index is 13.2. The van der Waals surface area contributed by atoms with Gasteiger partial charge >= 0.3 is 5.97 Å². The molecule has 2 aliphatic rings. The quantitative estimate of drug-likeness (QED) is 0.299. The summed E-state index contributed by atoms with van der Waals surface area (Å²) in [6, 6.07) is 3.47. The Labute approximate surface area is 220 Å². The van der Waals surface area contributed by atoms with Crippen LogP contribution in [0, 0.1) is 5.41 Å². The monoisotopic (exact) mass is 523 g/mol. The fraction of sp³-hybridized carbons (Fsp3) is 0.481. The number of benzene rings is 1. The summed E-state index contributed by atoms with van der Waals surface area (Å²) >= 11 is 0. The number of aromatic amines is 1. The molecule has 11 heteroatoms. The highest BCUT2D eigenvalue weighted by Gasteiger charge is 2.33. The minimum atomic E-state index is -0.596. The van der Waals surface area contributed by atoms with Crippen molar-refractivity contribution in [2.75, 3.05) is 19.9 Å². The number of H-pyrrole nitrogens is 1. The maximum atomic E-state index is 13.2. The van der Waals surface area contributed by atoms with Crippen molar-refractivity contribution in [3.63, 3.8) is 0 Å². The number of amides is 1. The van der Waals surface area contributed by atoms with Gasteiger partial charge in [-0.05, 0) is 39.3 Å². The Kier molecular flexibility index (Phi) is 7.11. The van der Waals surface area contributed by atoms with Crippen LogP contribution in [0.2, 0.25) is 0 Å². The van der Waals surface area contributed by atoms with E-state index in [1.807, 2.05) is 12.1 Å². The minimum Gasteiger partial charge on any atom is -0.493 e. The second kappa shape index (κ2) is 10.5. The fourth-order valence-corrected chi connectivity index (χ4v) is 4.39. The highest BCUT2D eigenvalue weighted by molar-refractivity contribution is 6.08. The first kappa shape index (κ1) is 25.8. The number of nitrogens with one attached hydrogen (secondary N) is 3. The zero-order valence-electron chi connectivity index (χ0n) is 22.1. The number of esters is 1. The van der Waals surface area contributed by atoms with Crippen LogP contribution in [-0.4, -0.2) is 59.0 Å². The zero-order chi connectivity index (χ0) is 26.9. The van der Waals surface area contributed by atoms with Crippen LogP contribution in [0.25, 0.3) is 22.3 Å². The van der Waals surface area contributed by atoms with E-state index in [0.717, 1.165) is 12.8 Å². The van der Waals surface area contributed by atoms with Crippen LogP contribution in [0.1, 0.15) is 57.3 Å². The standard InChI is InChI=1S/C27H33N5O6/c1-5-6-9-35-17-7-8-18-24(37-14-36-18)20(17)22-23-21(30-13-31-22)16(12-29-23)25(33)32-15-10-19(28-11-15)38-26(34)27(2,3)4/h7-8,12-13,15,19,28-29H,5-6,9-11,14H2,1-4H3,(H,32,33)/t15-,19?/m1/s1. The SMILES string of the molecule is CCCCOc1ccc2c(c1-c1ncnc3c(C(=O)N[C@H]4CNC(OC(=O)C(C)(C)C)C4)c[nH]c13)OCO2. The van der Waals surface area contributed by atoms with E-state index < -0.39 is 11.6 Å². The summed E-state index contributed by atoms with van der Waals surface area (Å²) in [7, 11) is 0. The Morgan fingerprint density at radius 2 is 2.05 bits per heavy atom.